The van der Waals surface area contributed by atoms with Crippen LogP contribution in [-0.4, -0.2) is 247 Å². The second kappa shape index (κ2) is 44.1. The second-order valence-corrected chi connectivity index (χ2v) is 30.1. The summed E-state index contributed by atoms with van der Waals surface area (Å²) >= 11 is 0. The maximum absolute atomic E-state index is 13.7. The van der Waals surface area contributed by atoms with Crippen molar-refractivity contribution >= 4 is 0 Å². The highest BCUT2D eigenvalue weighted by Gasteiger charge is 2.48. The van der Waals surface area contributed by atoms with Crippen LogP contribution in [0, 0.1) is 29.1 Å². The summed E-state index contributed by atoms with van der Waals surface area (Å²) < 4.78 is 103. The van der Waals surface area contributed by atoms with Gasteiger partial charge in [-0.15, -0.1) is 0 Å². The van der Waals surface area contributed by atoms with E-state index in [0.717, 1.165) is 99.5 Å². The molecule has 5 saturated heterocycles. The van der Waals surface area contributed by atoms with Crippen LogP contribution in [0.3, 0.4) is 0 Å². The van der Waals surface area contributed by atoms with Gasteiger partial charge in [-0.25, -0.2) is 45.9 Å². The summed E-state index contributed by atoms with van der Waals surface area (Å²) in [6, 6.07) is 35.3. The van der Waals surface area contributed by atoms with Crippen molar-refractivity contribution in [3.8, 4) is 0 Å². The zero-order valence-electron chi connectivity index (χ0n) is 68.0. The molecule has 0 radical (unpaired) electrons. The van der Waals surface area contributed by atoms with Crippen LogP contribution in [0.2, 0.25) is 0 Å². The van der Waals surface area contributed by atoms with Gasteiger partial charge in [0.1, 0.15) is 121 Å². The third-order valence-corrected chi connectivity index (χ3v) is 21.9. The van der Waals surface area contributed by atoms with Crippen LogP contribution >= 0.6 is 0 Å². The molecule has 5 fully saturated rings. The molecule has 45 heteroatoms. The lowest BCUT2D eigenvalue weighted by molar-refractivity contribution is -0.0556. The molecule has 0 bridgehead atoms. The molecule has 0 spiro atoms. The Balaban J connectivity index is 0.000000156. The maximum Gasteiger partial charge on any atom is 0.333 e. The van der Waals surface area contributed by atoms with Gasteiger partial charge in [-0.05, 0) is 89.9 Å². The minimum atomic E-state index is -1.49. The standard InChI is InChI=1S/C17H18F2N2O6.3C17H19FN2O6.C16H18N2O6/c18-10-2-1-9(11(19)7-10)3-5-20-13(23)4-6-21(17(20)26)16-15(25)14(24)12(8-22)27-16;18-11-3-1-10(2-4-11)5-7-19-13(22)6-8-20(17(19)25)16-15(24)14(23)12(9-21)26-16;18-11-3-1-2-10(8-11)4-6-19-13(22)5-7-20(17(19)25)16-15(24)14(23)12(9-21)26-16;18-11-4-2-1-3-10(11)5-7-19-13(22)6-8-20(17(19)25)16-15(24)14(23)12(9-21)26-16;19-9-11-13(21)14(22)15(24-11)17-7-6-12(20)18(16(17)23)8-10-4-2-1-3-5-10/h1-2,4,6-7,12,14-16,22,24-25H,3,5,8H2;1-4,6,8,12,14-16,21,23-24H,5,7,9H2;1-3,5,7-8,12,14-16,21,23-24H,4,6,9H2;1-4,6,8,12,14-16,21,23-24H,5,7,9H2;1-7,11,13-15,19,21-22H,8-9H2/t4*12-,14?,15+,16-;11-,13?,14+,15-/m11111/s1. The first-order valence-electron chi connectivity index (χ1n) is 40.1. The molecule has 129 heavy (non-hydrogen) atoms. The summed E-state index contributed by atoms with van der Waals surface area (Å²) in [4.78, 5) is 123. The molecule has 694 valence electrons. The van der Waals surface area contributed by atoms with Crippen LogP contribution in [0.25, 0.3) is 0 Å². The van der Waals surface area contributed by atoms with Gasteiger partial charge in [-0.3, -0.25) is 69.6 Å². The summed E-state index contributed by atoms with van der Waals surface area (Å²) in [5.41, 5.74) is -3.84. The van der Waals surface area contributed by atoms with E-state index in [1.165, 1.54) is 67.1 Å². The van der Waals surface area contributed by atoms with Crippen molar-refractivity contribution in [2.24, 2.45) is 0 Å². The van der Waals surface area contributed by atoms with E-state index in [9.17, 15) is 121 Å². The van der Waals surface area contributed by atoms with Gasteiger partial charge < -0.3 is 100 Å². The van der Waals surface area contributed by atoms with Gasteiger partial charge in [0.15, 0.2) is 31.1 Å². The molecule has 5 unspecified atom stereocenters. The fraction of sp³-hybridized carbons (Fsp3) is 0.405. The van der Waals surface area contributed by atoms with Gasteiger partial charge in [0.25, 0.3) is 27.8 Å². The van der Waals surface area contributed by atoms with Crippen molar-refractivity contribution in [1.29, 1.82) is 0 Å². The molecule has 0 saturated carbocycles. The molecule has 0 amide bonds. The smallest absolute Gasteiger partial charge is 0.333 e. The van der Waals surface area contributed by atoms with Crippen molar-refractivity contribution in [1.82, 2.24) is 45.7 Å². The number of benzene rings is 5. The largest absolute Gasteiger partial charge is 0.394 e. The Morgan fingerprint density at radius 2 is 0.543 bits per heavy atom. The number of hydrogen-bond acceptors (Lipinski definition) is 30. The number of aliphatic hydroxyl groups is 15. The monoisotopic (exact) mass is 1820 g/mol. The first kappa shape index (κ1) is 98.0. The molecule has 5 aromatic carbocycles. The Kier molecular flexibility index (Phi) is 33.5. The van der Waals surface area contributed by atoms with Gasteiger partial charge in [-0.1, -0.05) is 78.9 Å². The molecule has 40 nitrogen and oxygen atoms in total. The summed E-state index contributed by atoms with van der Waals surface area (Å²) in [6.45, 7) is -2.74. The first-order valence-corrected chi connectivity index (χ1v) is 40.1. The number of halogens is 5. The number of hydrogen-bond donors (Lipinski definition) is 15. The lowest BCUT2D eigenvalue weighted by Crippen LogP contribution is -2.43. The molecule has 10 aromatic rings. The van der Waals surface area contributed by atoms with Crippen LogP contribution in [0.1, 0.15) is 59.0 Å². The molecule has 0 aliphatic carbocycles. The fourth-order valence-electron chi connectivity index (χ4n) is 14.6. The minimum Gasteiger partial charge on any atom is -0.394 e. The second-order valence-electron chi connectivity index (χ2n) is 30.1. The van der Waals surface area contributed by atoms with Crippen LogP contribution in [0.15, 0.2) is 231 Å². The molecular formula is C84H93F5N10O30. The lowest BCUT2D eigenvalue weighted by Gasteiger charge is -2.18. The minimum absolute atomic E-state index is 0.0107. The van der Waals surface area contributed by atoms with E-state index in [0.29, 0.717) is 23.6 Å². The van der Waals surface area contributed by atoms with Crippen LogP contribution in [0.5, 0.6) is 0 Å². The predicted octanol–water partition coefficient (Wildman–Crippen LogP) is -5.18. The fourth-order valence-corrected chi connectivity index (χ4v) is 14.6. The number of aromatic nitrogens is 10. The number of ether oxygens (including phenoxy) is 5. The van der Waals surface area contributed by atoms with Crippen molar-refractivity contribution in [2.75, 3.05) is 33.0 Å². The Bertz CT molecular complexity index is 6130. The van der Waals surface area contributed by atoms with Crippen LogP contribution in [0.4, 0.5) is 22.0 Å². The van der Waals surface area contributed by atoms with Crippen molar-refractivity contribution in [3.05, 3.63) is 344 Å². The summed E-state index contributed by atoms with van der Waals surface area (Å²) in [5.74, 6) is -2.74. The highest BCUT2D eigenvalue weighted by atomic mass is 19.1. The summed E-state index contributed by atoms with van der Waals surface area (Å²) in [5, 5.41) is 145. The van der Waals surface area contributed by atoms with Crippen LogP contribution < -0.4 is 56.2 Å². The average molecular weight is 1820 g/mol. The summed E-state index contributed by atoms with van der Waals surface area (Å²) in [7, 11) is 0. The lowest BCUT2D eigenvalue weighted by atomic mass is 10.1. The van der Waals surface area contributed by atoms with Gasteiger partial charge in [0.05, 0.1) is 39.6 Å². The third kappa shape index (κ3) is 22.6. The normalized spacial score (nSPS) is 25.6. The van der Waals surface area contributed by atoms with E-state index >= 15 is 0 Å². The Hall–Kier alpha value is -11.7. The first-order chi connectivity index (χ1) is 61.6. The van der Waals surface area contributed by atoms with Gasteiger partial charge >= 0.3 is 28.4 Å². The van der Waals surface area contributed by atoms with Crippen molar-refractivity contribution in [3.63, 3.8) is 0 Å². The Labute approximate surface area is 723 Å². The average Bonchev–Trinajstić information content (AvgIpc) is 1.67. The number of rotatable bonds is 24. The Morgan fingerprint density at radius 1 is 0.256 bits per heavy atom. The van der Waals surface area contributed by atoms with E-state index in [4.69, 9.17) is 49.2 Å². The van der Waals surface area contributed by atoms with Crippen molar-refractivity contribution < 1.29 is 122 Å². The molecule has 20 atom stereocenters. The molecule has 10 heterocycles. The SMILES string of the molecule is O=c1ccn([C@@H]2O[C@H](CO)C(O)[C@@H]2O)c(=O)n1CCc1ccc(F)cc1.O=c1ccn([C@@H]2O[C@H](CO)C(O)[C@@H]2O)c(=O)n1CCc1ccc(F)cc1F.O=c1ccn([C@@H]2O[C@H](CO)C(O)[C@@H]2O)c(=O)n1CCc1cccc(F)c1.O=c1ccn([C@@H]2O[C@H](CO)C(O)[C@@H]2O)c(=O)n1CCc1ccccc1F.O=c1ccn([C@@H]2O[C@H](CO)C(O)[C@@H]2O)c(=O)n1Cc1ccccc1. The van der Waals surface area contributed by atoms with Crippen molar-refractivity contribution in [2.45, 2.75) is 181 Å². The zero-order chi connectivity index (χ0) is 93.5. The van der Waals surface area contributed by atoms with Crippen LogP contribution in [-0.2, 0) is 82.1 Å². The maximum atomic E-state index is 13.7. The highest BCUT2D eigenvalue weighted by Crippen LogP contribution is 2.33. The zero-order valence-corrected chi connectivity index (χ0v) is 68.0. The van der Waals surface area contributed by atoms with Gasteiger partial charge in [0, 0.05) is 93.6 Å². The topological polar surface area (TPSA) is 570 Å². The molecule has 5 aromatic heterocycles. The molecule has 15 rings (SSSR count). The van der Waals surface area contributed by atoms with E-state index in [2.05, 4.69) is 0 Å². The number of aryl methyl sites for hydroxylation is 4. The molecule has 5 aliphatic heterocycles. The Morgan fingerprint density at radius 3 is 0.868 bits per heavy atom. The van der Waals surface area contributed by atoms with E-state index < -0.39 is 235 Å². The van der Waals surface area contributed by atoms with Gasteiger partial charge in [-0.2, -0.15) is 0 Å². The summed E-state index contributed by atoms with van der Waals surface area (Å²) in [6.07, 6.45) is -18.8. The number of aliphatic hydroxyl groups excluding tert-OH is 15. The highest BCUT2D eigenvalue weighted by molar-refractivity contribution is 5.22. The third-order valence-electron chi connectivity index (χ3n) is 21.9. The molecular weight excluding hydrogens is 1720 g/mol. The van der Waals surface area contributed by atoms with E-state index in [1.54, 1.807) is 60.7 Å². The van der Waals surface area contributed by atoms with E-state index in [1.807, 2.05) is 6.07 Å². The number of nitrogens with zero attached hydrogens (tertiary/aromatic N) is 10. The predicted molar refractivity (Wildman–Crippen MR) is 436 cm³/mol. The molecule has 5 aliphatic rings. The van der Waals surface area contributed by atoms with Gasteiger partial charge in [0.2, 0.25) is 0 Å². The molecule has 15 N–H and O–H groups in total. The quantitative estimate of drug-likeness (QED) is 0.0252. The van der Waals surface area contributed by atoms with E-state index in [-0.39, 0.29) is 63.4 Å².